The summed E-state index contributed by atoms with van der Waals surface area (Å²) in [6, 6.07) is 10.4. The van der Waals surface area contributed by atoms with E-state index >= 15 is 0 Å². The van der Waals surface area contributed by atoms with Crippen molar-refractivity contribution in [2.75, 3.05) is 0 Å². The first kappa shape index (κ1) is 26.3. The lowest BCUT2D eigenvalue weighted by Gasteiger charge is -2.25. The third-order valence-corrected chi connectivity index (χ3v) is 6.94. The molecule has 0 amide bonds. The molecule has 4 heteroatoms. The summed E-state index contributed by atoms with van der Waals surface area (Å²) in [5, 5.41) is 19.7. The van der Waals surface area contributed by atoms with Crippen LogP contribution in [0.15, 0.2) is 42.5 Å². The second kappa shape index (κ2) is 15.0. The number of aliphatic hydroxyl groups is 1. The van der Waals surface area contributed by atoms with Crippen molar-refractivity contribution in [1.82, 2.24) is 0 Å². The summed E-state index contributed by atoms with van der Waals surface area (Å²) >= 11 is 0. The van der Waals surface area contributed by atoms with Gasteiger partial charge in [0.05, 0.1) is 6.10 Å². The van der Waals surface area contributed by atoms with E-state index in [1.165, 1.54) is 24.8 Å². The van der Waals surface area contributed by atoms with E-state index in [0.717, 1.165) is 38.5 Å². The van der Waals surface area contributed by atoms with E-state index in [-0.39, 0.29) is 18.4 Å². The highest BCUT2D eigenvalue weighted by Gasteiger charge is 2.42. The summed E-state index contributed by atoms with van der Waals surface area (Å²) in [5.74, 6) is 0.314. The molecular formula is C28H42O4. The molecule has 4 nitrogen and oxygen atoms in total. The molecule has 2 N–H and O–H groups in total. The zero-order chi connectivity index (χ0) is 23.2. The number of carboxylic acid groups (broad SMARTS) is 1. The number of carboxylic acids is 1. The molecule has 1 aliphatic rings. The monoisotopic (exact) mass is 442 g/mol. The molecule has 2 rings (SSSR count). The van der Waals surface area contributed by atoms with Crippen molar-refractivity contribution in [3.8, 4) is 0 Å². The number of aliphatic carboxylic acids is 1. The van der Waals surface area contributed by atoms with Crippen molar-refractivity contribution in [3.63, 3.8) is 0 Å². The lowest BCUT2D eigenvalue weighted by Crippen LogP contribution is -2.21. The van der Waals surface area contributed by atoms with Gasteiger partial charge in [0.2, 0.25) is 0 Å². The fraction of sp³-hybridized carbons (Fsp3) is 0.643. The molecule has 0 spiro atoms. The number of rotatable bonds is 16. The number of aliphatic hydroxyl groups excluding tert-OH is 1. The van der Waals surface area contributed by atoms with Crippen LogP contribution >= 0.6 is 0 Å². The first-order valence-electron chi connectivity index (χ1n) is 12.6. The number of Topliss-reactive ketones (excluding diaryl/α,β-unsaturated/α-hetero) is 1. The van der Waals surface area contributed by atoms with E-state index in [1.807, 2.05) is 6.07 Å². The van der Waals surface area contributed by atoms with Gasteiger partial charge < -0.3 is 10.2 Å². The predicted molar refractivity (Wildman–Crippen MR) is 130 cm³/mol. The summed E-state index contributed by atoms with van der Waals surface area (Å²) in [4.78, 5) is 23.1. The topological polar surface area (TPSA) is 74.6 Å². The Morgan fingerprint density at radius 2 is 1.69 bits per heavy atom. The molecule has 1 aromatic carbocycles. The van der Waals surface area contributed by atoms with Gasteiger partial charge in [0.1, 0.15) is 5.78 Å². The number of carbonyl (C=O) groups excluding carboxylic acids is 1. The van der Waals surface area contributed by atoms with Crippen LogP contribution in [0.5, 0.6) is 0 Å². The number of unbranched alkanes of at least 4 members (excludes halogenated alkanes) is 5. The van der Waals surface area contributed by atoms with Gasteiger partial charge >= 0.3 is 5.97 Å². The van der Waals surface area contributed by atoms with Crippen molar-refractivity contribution < 1.29 is 19.8 Å². The fourth-order valence-electron chi connectivity index (χ4n) is 5.14. The third kappa shape index (κ3) is 9.28. The van der Waals surface area contributed by atoms with Crippen LogP contribution in [0.2, 0.25) is 0 Å². The van der Waals surface area contributed by atoms with Crippen molar-refractivity contribution >= 4 is 11.8 Å². The molecule has 178 valence electrons. The van der Waals surface area contributed by atoms with Gasteiger partial charge in [-0.2, -0.15) is 0 Å². The van der Waals surface area contributed by atoms with E-state index in [4.69, 9.17) is 5.11 Å². The van der Waals surface area contributed by atoms with E-state index < -0.39 is 5.97 Å². The zero-order valence-electron chi connectivity index (χ0n) is 19.8. The second-order valence-electron chi connectivity index (χ2n) is 9.38. The summed E-state index contributed by atoms with van der Waals surface area (Å²) in [6.07, 6.45) is 14.9. The van der Waals surface area contributed by atoms with Crippen LogP contribution in [0.1, 0.15) is 102 Å². The minimum atomic E-state index is -0.753. The summed E-state index contributed by atoms with van der Waals surface area (Å²) in [6.45, 7) is 2.20. The first-order chi connectivity index (χ1) is 15.5. The van der Waals surface area contributed by atoms with Crippen molar-refractivity contribution in [2.24, 2.45) is 11.8 Å². The molecule has 0 aliphatic heterocycles. The van der Waals surface area contributed by atoms with E-state index in [0.29, 0.717) is 36.9 Å². The number of hydrogen-bond donors (Lipinski definition) is 2. The molecule has 0 radical (unpaired) electrons. The number of carbonyl (C=O) groups is 2. The smallest absolute Gasteiger partial charge is 0.303 e. The average molecular weight is 443 g/mol. The average Bonchev–Trinajstić information content (AvgIpc) is 3.10. The highest BCUT2D eigenvalue weighted by Crippen LogP contribution is 2.47. The van der Waals surface area contributed by atoms with Gasteiger partial charge in [0.15, 0.2) is 0 Å². The Bertz CT molecular complexity index is 697. The Morgan fingerprint density at radius 1 is 0.938 bits per heavy atom. The lowest BCUT2D eigenvalue weighted by molar-refractivity contribution is -0.137. The summed E-state index contributed by atoms with van der Waals surface area (Å²) in [5.41, 5.74) is 1.26. The number of hydrogen-bond acceptors (Lipinski definition) is 3. The van der Waals surface area contributed by atoms with Gasteiger partial charge in [-0.1, -0.05) is 75.1 Å². The quantitative estimate of drug-likeness (QED) is 0.221. The van der Waals surface area contributed by atoms with Crippen molar-refractivity contribution in [2.45, 2.75) is 102 Å². The Morgan fingerprint density at radius 3 is 2.41 bits per heavy atom. The molecule has 0 aromatic heterocycles. The molecular weight excluding hydrogens is 400 g/mol. The molecule has 1 aromatic rings. The number of allylic oxidation sites excluding steroid dienone is 2. The Balaban J connectivity index is 1.92. The molecule has 0 saturated heterocycles. The number of ketones is 1. The number of benzene rings is 1. The molecule has 1 fully saturated rings. The summed E-state index contributed by atoms with van der Waals surface area (Å²) < 4.78 is 0. The molecule has 1 aliphatic carbocycles. The van der Waals surface area contributed by atoms with Crippen LogP contribution in [0.4, 0.5) is 0 Å². The molecule has 4 atom stereocenters. The van der Waals surface area contributed by atoms with Crippen molar-refractivity contribution in [3.05, 3.63) is 48.0 Å². The molecule has 1 saturated carbocycles. The van der Waals surface area contributed by atoms with E-state index in [9.17, 15) is 14.7 Å². The Kier molecular flexibility index (Phi) is 12.3. The van der Waals surface area contributed by atoms with Crippen LogP contribution in [0.3, 0.4) is 0 Å². The minimum absolute atomic E-state index is 0.132. The lowest BCUT2D eigenvalue weighted by atomic mass is 9.80. The highest BCUT2D eigenvalue weighted by atomic mass is 16.4. The SMILES string of the molecule is CCCCCCCC(=O)CC[C@@H]1[C@H](C/C=C\CCCC(=O)O)[C@@H](c2ccccc2)C[C@H]1O. The Labute approximate surface area is 194 Å². The first-order valence-corrected chi connectivity index (χ1v) is 12.6. The van der Waals surface area contributed by atoms with Crippen LogP contribution in [-0.4, -0.2) is 28.1 Å². The van der Waals surface area contributed by atoms with Crippen molar-refractivity contribution in [1.29, 1.82) is 0 Å². The van der Waals surface area contributed by atoms with E-state index in [2.05, 4.69) is 43.3 Å². The fourth-order valence-corrected chi connectivity index (χ4v) is 5.14. The normalized spacial score (nSPS) is 23.1. The molecule has 0 bridgehead atoms. The van der Waals surface area contributed by atoms with Gasteiger partial charge in [0, 0.05) is 19.3 Å². The predicted octanol–water partition coefficient (Wildman–Crippen LogP) is 6.68. The molecule has 0 heterocycles. The van der Waals surface area contributed by atoms with E-state index in [1.54, 1.807) is 0 Å². The maximum absolute atomic E-state index is 12.4. The van der Waals surface area contributed by atoms with Crippen LogP contribution in [-0.2, 0) is 9.59 Å². The van der Waals surface area contributed by atoms with Crippen LogP contribution in [0, 0.1) is 11.8 Å². The minimum Gasteiger partial charge on any atom is -0.481 e. The highest BCUT2D eigenvalue weighted by molar-refractivity contribution is 5.78. The van der Waals surface area contributed by atoms with Gasteiger partial charge in [0.25, 0.3) is 0 Å². The third-order valence-electron chi connectivity index (χ3n) is 6.94. The van der Waals surface area contributed by atoms with Crippen LogP contribution < -0.4 is 0 Å². The van der Waals surface area contributed by atoms with Gasteiger partial charge in [-0.25, -0.2) is 0 Å². The molecule has 0 unspecified atom stereocenters. The van der Waals surface area contributed by atoms with Gasteiger partial charge in [-0.15, -0.1) is 0 Å². The summed E-state index contributed by atoms with van der Waals surface area (Å²) in [7, 11) is 0. The van der Waals surface area contributed by atoms with Crippen LogP contribution in [0.25, 0.3) is 0 Å². The zero-order valence-corrected chi connectivity index (χ0v) is 19.8. The van der Waals surface area contributed by atoms with Gasteiger partial charge in [-0.3, -0.25) is 9.59 Å². The maximum atomic E-state index is 12.4. The van der Waals surface area contributed by atoms with Gasteiger partial charge in [-0.05, 0) is 61.8 Å². The largest absolute Gasteiger partial charge is 0.481 e. The standard InChI is InChI=1S/C28H42O4/c1-2-3-4-5-11-16-23(29)19-20-25-24(17-12-6-7-13-18-28(31)32)26(21-27(25)30)22-14-9-8-10-15-22/h6,8-10,12,14-15,24-27,30H,2-5,7,11,13,16-21H2,1H3,(H,31,32)/b12-6-/t24-,25+,26+,27+/m0/s1. The second-order valence-corrected chi connectivity index (χ2v) is 9.38. The molecule has 32 heavy (non-hydrogen) atoms. The maximum Gasteiger partial charge on any atom is 0.303 e. The Hall–Kier alpha value is -1.94.